The zero-order chi connectivity index (χ0) is 19.3. The van der Waals surface area contributed by atoms with E-state index >= 15 is 0 Å². The number of carbonyl (C=O) groups is 2. The lowest BCUT2D eigenvalue weighted by atomic mass is 9.87. The van der Waals surface area contributed by atoms with Crippen molar-refractivity contribution in [3.8, 4) is 0 Å². The van der Waals surface area contributed by atoms with Crippen molar-refractivity contribution < 1.29 is 9.59 Å². The topological polar surface area (TPSA) is 58.2 Å². The second kappa shape index (κ2) is 8.41. The third-order valence-corrected chi connectivity index (χ3v) is 5.21. The van der Waals surface area contributed by atoms with Crippen LogP contribution in [0.4, 0.5) is 5.69 Å². The van der Waals surface area contributed by atoms with Gasteiger partial charge in [0, 0.05) is 23.2 Å². The van der Waals surface area contributed by atoms with Crippen LogP contribution in [0.1, 0.15) is 42.3 Å². The van der Waals surface area contributed by atoms with E-state index < -0.39 is 0 Å². The molecule has 26 heavy (non-hydrogen) atoms. The van der Waals surface area contributed by atoms with Gasteiger partial charge in [-0.15, -0.1) is 11.8 Å². The zero-order valence-corrected chi connectivity index (χ0v) is 16.8. The molecule has 5 heteroatoms. The van der Waals surface area contributed by atoms with Crippen molar-refractivity contribution in [3.63, 3.8) is 0 Å². The van der Waals surface area contributed by atoms with Gasteiger partial charge in [-0.3, -0.25) is 9.59 Å². The molecule has 0 unspecified atom stereocenters. The first-order chi connectivity index (χ1) is 12.2. The van der Waals surface area contributed by atoms with E-state index in [4.69, 9.17) is 0 Å². The van der Waals surface area contributed by atoms with Gasteiger partial charge in [0.1, 0.15) is 0 Å². The van der Waals surface area contributed by atoms with Crippen LogP contribution in [0, 0.1) is 6.92 Å². The second-order valence-electron chi connectivity index (χ2n) is 7.23. The number of carbonyl (C=O) groups excluding carboxylic acids is 2. The fourth-order valence-corrected chi connectivity index (χ4v) is 3.31. The Kier molecular flexibility index (Phi) is 6.48. The number of hydrogen-bond acceptors (Lipinski definition) is 3. The average molecular weight is 371 g/mol. The first-order valence-electron chi connectivity index (χ1n) is 8.56. The maximum absolute atomic E-state index is 12.3. The molecule has 4 nitrogen and oxygen atoms in total. The molecule has 2 rings (SSSR count). The Morgan fingerprint density at radius 2 is 1.81 bits per heavy atom. The lowest BCUT2D eigenvalue weighted by Crippen LogP contribution is -2.19. The number of aryl methyl sites for hydroxylation is 1. The highest BCUT2D eigenvalue weighted by Crippen LogP contribution is 2.29. The van der Waals surface area contributed by atoms with Gasteiger partial charge in [-0.25, -0.2) is 0 Å². The summed E-state index contributed by atoms with van der Waals surface area (Å²) in [5.41, 5.74) is 3.64. The van der Waals surface area contributed by atoms with Crippen molar-refractivity contribution in [2.24, 2.45) is 0 Å². The van der Waals surface area contributed by atoms with Crippen molar-refractivity contribution >= 4 is 29.3 Å². The van der Waals surface area contributed by atoms with E-state index in [1.807, 2.05) is 0 Å². The van der Waals surface area contributed by atoms with E-state index in [2.05, 4.69) is 56.5 Å². The molecule has 0 saturated carbocycles. The van der Waals surface area contributed by atoms with Crippen LogP contribution < -0.4 is 10.6 Å². The molecule has 0 saturated heterocycles. The standard InChI is InChI=1S/C21H26N2O2S/c1-14-9-10-16(21(2,3)4)12-18(14)26-13-19(24)23-17-8-6-7-15(11-17)20(25)22-5/h6-12H,13H2,1-5H3,(H,22,25)(H,23,24). The summed E-state index contributed by atoms with van der Waals surface area (Å²) >= 11 is 1.53. The molecular weight excluding hydrogens is 344 g/mol. The summed E-state index contributed by atoms with van der Waals surface area (Å²) in [7, 11) is 1.58. The van der Waals surface area contributed by atoms with E-state index in [0.717, 1.165) is 10.5 Å². The molecule has 0 spiro atoms. The largest absolute Gasteiger partial charge is 0.355 e. The highest BCUT2D eigenvalue weighted by Gasteiger charge is 2.15. The first-order valence-corrected chi connectivity index (χ1v) is 9.55. The van der Waals surface area contributed by atoms with Crippen LogP contribution in [0.15, 0.2) is 47.4 Å². The van der Waals surface area contributed by atoms with Crippen LogP contribution in [0.2, 0.25) is 0 Å². The maximum atomic E-state index is 12.3. The Labute approximate surface area is 159 Å². The number of rotatable bonds is 5. The van der Waals surface area contributed by atoms with E-state index in [1.54, 1.807) is 31.3 Å². The van der Waals surface area contributed by atoms with E-state index in [-0.39, 0.29) is 17.2 Å². The molecule has 2 aromatic carbocycles. The highest BCUT2D eigenvalue weighted by atomic mass is 32.2. The summed E-state index contributed by atoms with van der Waals surface area (Å²) in [5.74, 6) is 0.0493. The smallest absolute Gasteiger partial charge is 0.251 e. The number of hydrogen-bond donors (Lipinski definition) is 2. The summed E-state index contributed by atoms with van der Waals surface area (Å²) in [6.45, 7) is 8.59. The van der Waals surface area contributed by atoms with Crippen molar-refractivity contribution in [2.75, 3.05) is 18.1 Å². The van der Waals surface area contributed by atoms with Gasteiger partial charge >= 0.3 is 0 Å². The predicted octanol–water partition coefficient (Wildman–Crippen LogP) is 4.38. The van der Waals surface area contributed by atoms with Gasteiger partial charge in [-0.2, -0.15) is 0 Å². The van der Waals surface area contributed by atoms with Gasteiger partial charge in [0.15, 0.2) is 0 Å². The van der Waals surface area contributed by atoms with Crippen LogP contribution in [-0.4, -0.2) is 24.6 Å². The molecule has 0 aliphatic heterocycles. The number of nitrogens with one attached hydrogen (secondary N) is 2. The molecule has 0 aliphatic rings. The maximum Gasteiger partial charge on any atom is 0.251 e. The number of thioether (sulfide) groups is 1. The zero-order valence-electron chi connectivity index (χ0n) is 16.0. The van der Waals surface area contributed by atoms with E-state index in [1.165, 1.54) is 17.3 Å². The Morgan fingerprint density at radius 3 is 2.46 bits per heavy atom. The molecule has 138 valence electrons. The molecular formula is C21H26N2O2S. The van der Waals surface area contributed by atoms with E-state index in [0.29, 0.717) is 17.0 Å². The minimum Gasteiger partial charge on any atom is -0.355 e. The second-order valence-corrected chi connectivity index (χ2v) is 8.24. The minimum absolute atomic E-state index is 0.0750. The fraction of sp³-hybridized carbons (Fsp3) is 0.333. The Balaban J connectivity index is 2.02. The predicted molar refractivity (Wildman–Crippen MR) is 109 cm³/mol. The normalized spacial score (nSPS) is 11.1. The van der Waals surface area contributed by atoms with Crippen molar-refractivity contribution in [1.82, 2.24) is 5.32 Å². The van der Waals surface area contributed by atoms with Gasteiger partial charge in [0.2, 0.25) is 5.91 Å². The minimum atomic E-state index is -0.176. The van der Waals surface area contributed by atoms with Crippen LogP contribution in [-0.2, 0) is 10.2 Å². The molecule has 0 heterocycles. The molecule has 0 aromatic heterocycles. The van der Waals surface area contributed by atoms with E-state index in [9.17, 15) is 9.59 Å². The summed E-state index contributed by atoms with van der Waals surface area (Å²) in [4.78, 5) is 25.1. The lowest BCUT2D eigenvalue weighted by molar-refractivity contribution is -0.113. The molecule has 0 radical (unpaired) electrons. The first kappa shape index (κ1) is 20.0. The van der Waals surface area contributed by atoms with Crippen molar-refractivity contribution in [1.29, 1.82) is 0 Å². The van der Waals surface area contributed by atoms with Crippen LogP contribution in [0.3, 0.4) is 0 Å². The molecule has 0 atom stereocenters. The third kappa shape index (κ3) is 5.36. The molecule has 0 bridgehead atoms. The van der Waals surface area contributed by atoms with Crippen molar-refractivity contribution in [2.45, 2.75) is 38.0 Å². The van der Waals surface area contributed by atoms with Gasteiger partial charge < -0.3 is 10.6 Å². The lowest BCUT2D eigenvalue weighted by Gasteiger charge is -2.20. The third-order valence-electron chi connectivity index (χ3n) is 4.05. The van der Waals surface area contributed by atoms with Gasteiger partial charge in [-0.05, 0) is 47.7 Å². The molecule has 2 N–H and O–H groups in total. The Bertz CT molecular complexity index is 810. The van der Waals surface area contributed by atoms with Gasteiger partial charge in [0.25, 0.3) is 5.91 Å². The fourth-order valence-electron chi connectivity index (χ4n) is 2.45. The van der Waals surface area contributed by atoms with Crippen LogP contribution >= 0.6 is 11.8 Å². The van der Waals surface area contributed by atoms with Gasteiger partial charge in [-0.1, -0.05) is 39.0 Å². The molecule has 0 aliphatic carbocycles. The highest BCUT2D eigenvalue weighted by molar-refractivity contribution is 8.00. The average Bonchev–Trinajstić information content (AvgIpc) is 2.59. The Morgan fingerprint density at radius 1 is 1.08 bits per heavy atom. The summed E-state index contributed by atoms with van der Waals surface area (Å²) in [6.07, 6.45) is 0. The molecule has 2 amide bonds. The Hall–Kier alpha value is -2.27. The number of amides is 2. The van der Waals surface area contributed by atoms with Crippen LogP contribution in [0.25, 0.3) is 0 Å². The molecule has 0 fully saturated rings. The molecule has 2 aromatic rings. The summed E-state index contributed by atoms with van der Waals surface area (Å²) in [6, 6.07) is 13.3. The summed E-state index contributed by atoms with van der Waals surface area (Å²) in [5, 5.41) is 5.43. The van der Waals surface area contributed by atoms with Crippen LogP contribution in [0.5, 0.6) is 0 Å². The SMILES string of the molecule is CNC(=O)c1cccc(NC(=O)CSc2cc(C(C)(C)C)ccc2C)c1. The van der Waals surface area contributed by atoms with Crippen molar-refractivity contribution in [3.05, 3.63) is 59.2 Å². The number of anilines is 1. The quantitative estimate of drug-likeness (QED) is 0.768. The number of benzene rings is 2. The summed E-state index contributed by atoms with van der Waals surface area (Å²) < 4.78 is 0. The monoisotopic (exact) mass is 370 g/mol. The van der Waals surface area contributed by atoms with Gasteiger partial charge in [0.05, 0.1) is 5.75 Å².